The Labute approximate surface area is 88.8 Å². The van der Waals surface area contributed by atoms with Gasteiger partial charge in [-0.05, 0) is 34.6 Å². The van der Waals surface area contributed by atoms with Gasteiger partial charge in [-0.25, -0.2) is 0 Å². The van der Waals surface area contributed by atoms with Gasteiger partial charge in [0.2, 0.25) is 0 Å². The van der Waals surface area contributed by atoms with E-state index in [1.54, 1.807) is 0 Å². The average Bonchev–Trinajstić information content (AvgIpc) is 2.21. The van der Waals surface area contributed by atoms with Crippen molar-refractivity contribution >= 4 is 5.96 Å². The Balaban J connectivity index is 4.63. The van der Waals surface area contributed by atoms with Crippen LogP contribution in [-0.2, 0) is 0 Å². The van der Waals surface area contributed by atoms with Crippen LogP contribution in [0.15, 0.2) is 4.99 Å². The minimum atomic E-state index is 0.863. The summed E-state index contributed by atoms with van der Waals surface area (Å²) in [7, 11) is 0. The van der Waals surface area contributed by atoms with Gasteiger partial charge in [0.25, 0.3) is 0 Å². The second-order valence-corrected chi connectivity index (χ2v) is 3.12. The zero-order valence-corrected chi connectivity index (χ0v) is 10.4. The van der Waals surface area contributed by atoms with E-state index in [4.69, 9.17) is 0 Å². The van der Waals surface area contributed by atoms with Crippen LogP contribution in [0.1, 0.15) is 34.6 Å². The molecule has 0 rings (SSSR count). The minimum absolute atomic E-state index is 0.863. The maximum Gasteiger partial charge on any atom is 0.196 e. The third kappa shape index (κ3) is 3.56. The van der Waals surface area contributed by atoms with Gasteiger partial charge in [0.15, 0.2) is 5.96 Å². The molecule has 0 spiro atoms. The summed E-state index contributed by atoms with van der Waals surface area (Å²) in [4.78, 5) is 9.21. The van der Waals surface area contributed by atoms with Crippen molar-refractivity contribution in [1.82, 2.24) is 9.80 Å². The number of nitrogens with zero attached hydrogens (tertiary/aromatic N) is 3. The molecule has 0 N–H and O–H groups in total. The number of rotatable bonds is 5. The Bertz CT molecular complexity index is 144. The van der Waals surface area contributed by atoms with Crippen molar-refractivity contribution in [3.8, 4) is 0 Å². The number of hydrogen-bond acceptors (Lipinski definition) is 1. The van der Waals surface area contributed by atoms with Crippen LogP contribution < -0.4 is 0 Å². The maximum atomic E-state index is 4.58. The van der Waals surface area contributed by atoms with Crippen LogP contribution in [-0.4, -0.2) is 48.5 Å². The van der Waals surface area contributed by atoms with Gasteiger partial charge in [-0.2, -0.15) is 0 Å². The van der Waals surface area contributed by atoms with Crippen molar-refractivity contribution in [1.29, 1.82) is 0 Å². The Morgan fingerprint density at radius 3 is 1.36 bits per heavy atom. The molecule has 0 aromatic rings. The van der Waals surface area contributed by atoms with Gasteiger partial charge in [-0.15, -0.1) is 0 Å². The predicted molar refractivity (Wildman–Crippen MR) is 63.8 cm³/mol. The zero-order valence-electron chi connectivity index (χ0n) is 10.4. The van der Waals surface area contributed by atoms with E-state index in [0.717, 1.165) is 38.7 Å². The Morgan fingerprint density at radius 1 is 0.786 bits per heavy atom. The van der Waals surface area contributed by atoms with E-state index in [0.29, 0.717) is 0 Å². The van der Waals surface area contributed by atoms with Gasteiger partial charge in [0, 0.05) is 32.7 Å². The van der Waals surface area contributed by atoms with E-state index >= 15 is 0 Å². The van der Waals surface area contributed by atoms with Crippen LogP contribution in [0.2, 0.25) is 0 Å². The molecule has 0 saturated heterocycles. The van der Waals surface area contributed by atoms with Gasteiger partial charge in [0.1, 0.15) is 0 Å². The van der Waals surface area contributed by atoms with Crippen LogP contribution in [0, 0.1) is 0 Å². The number of aliphatic imine (C=N–C) groups is 1. The lowest BCUT2D eigenvalue weighted by Crippen LogP contribution is -2.44. The molecule has 3 heteroatoms. The summed E-state index contributed by atoms with van der Waals surface area (Å²) in [5.74, 6) is 1.16. The maximum absolute atomic E-state index is 4.58. The van der Waals surface area contributed by atoms with Crippen molar-refractivity contribution in [2.24, 2.45) is 4.99 Å². The molecule has 0 bridgehead atoms. The molecule has 0 aromatic heterocycles. The summed E-state index contributed by atoms with van der Waals surface area (Å²) in [5.41, 5.74) is 0. The van der Waals surface area contributed by atoms with Crippen LogP contribution in [0.3, 0.4) is 0 Å². The molecule has 3 nitrogen and oxygen atoms in total. The largest absolute Gasteiger partial charge is 0.343 e. The molecule has 0 aliphatic carbocycles. The van der Waals surface area contributed by atoms with E-state index in [2.05, 4.69) is 49.4 Å². The third-order valence-corrected chi connectivity index (χ3v) is 2.39. The molecular weight excluding hydrogens is 174 g/mol. The quantitative estimate of drug-likeness (QED) is 0.498. The summed E-state index contributed by atoms with van der Waals surface area (Å²) in [5, 5.41) is 0. The van der Waals surface area contributed by atoms with Crippen molar-refractivity contribution in [2.75, 3.05) is 32.7 Å². The van der Waals surface area contributed by atoms with Gasteiger partial charge in [-0.1, -0.05) is 0 Å². The van der Waals surface area contributed by atoms with Crippen LogP contribution >= 0.6 is 0 Å². The van der Waals surface area contributed by atoms with Crippen molar-refractivity contribution in [3.63, 3.8) is 0 Å². The summed E-state index contributed by atoms with van der Waals surface area (Å²) in [6.45, 7) is 15.8. The Morgan fingerprint density at radius 2 is 1.14 bits per heavy atom. The van der Waals surface area contributed by atoms with E-state index in [1.807, 2.05) is 0 Å². The highest BCUT2D eigenvalue weighted by Crippen LogP contribution is 1.99. The Kier molecular flexibility index (Phi) is 7.25. The van der Waals surface area contributed by atoms with Crippen LogP contribution in [0.4, 0.5) is 0 Å². The van der Waals surface area contributed by atoms with E-state index in [1.165, 1.54) is 0 Å². The fourth-order valence-corrected chi connectivity index (χ4v) is 1.55. The van der Waals surface area contributed by atoms with Crippen LogP contribution in [0.5, 0.6) is 0 Å². The molecule has 0 heterocycles. The first-order valence-corrected chi connectivity index (χ1v) is 5.79. The third-order valence-electron chi connectivity index (χ3n) is 2.39. The zero-order chi connectivity index (χ0) is 11.0. The fraction of sp³-hybridized carbons (Fsp3) is 0.909. The molecule has 0 atom stereocenters. The number of hydrogen-bond donors (Lipinski definition) is 0. The van der Waals surface area contributed by atoms with Gasteiger partial charge in [-0.3, -0.25) is 4.99 Å². The molecule has 0 aromatic carbocycles. The second kappa shape index (κ2) is 7.65. The first-order chi connectivity index (χ1) is 6.74. The SMILES string of the molecule is CCN=C(N(CC)CC)N(CC)CC. The van der Waals surface area contributed by atoms with E-state index in [-0.39, 0.29) is 0 Å². The molecule has 0 fully saturated rings. The molecule has 0 unspecified atom stereocenters. The summed E-state index contributed by atoms with van der Waals surface area (Å²) < 4.78 is 0. The van der Waals surface area contributed by atoms with Crippen molar-refractivity contribution in [3.05, 3.63) is 0 Å². The highest BCUT2D eigenvalue weighted by Gasteiger charge is 2.12. The topological polar surface area (TPSA) is 18.8 Å². The summed E-state index contributed by atoms with van der Waals surface area (Å²) >= 11 is 0. The van der Waals surface area contributed by atoms with Crippen LogP contribution in [0.25, 0.3) is 0 Å². The Hall–Kier alpha value is -0.730. The molecule has 0 aliphatic rings. The lowest BCUT2D eigenvalue weighted by atomic mass is 10.4. The van der Waals surface area contributed by atoms with Gasteiger partial charge < -0.3 is 9.80 Å². The minimum Gasteiger partial charge on any atom is -0.343 e. The molecule has 84 valence electrons. The second-order valence-electron chi connectivity index (χ2n) is 3.12. The average molecular weight is 199 g/mol. The monoisotopic (exact) mass is 199 g/mol. The molecule has 14 heavy (non-hydrogen) atoms. The lowest BCUT2D eigenvalue weighted by Gasteiger charge is -2.31. The van der Waals surface area contributed by atoms with Crippen molar-refractivity contribution in [2.45, 2.75) is 34.6 Å². The first kappa shape index (κ1) is 13.3. The molecular formula is C11H25N3. The fourth-order valence-electron chi connectivity index (χ4n) is 1.55. The number of guanidine groups is 1. The summed E-state index contributed by atoms with van der Waals surface area (Å²) in [6.07, 6.45) is 0. The molecule has 0 radical (unpaired) electrons. The normalized spacial score (nSPS) is 9.79. The van der Waals surface area contributed by atoms with Gasteiger partial charge in [0.05, 0.1) is 0 Å². The van der Waals surface area contributed by atoms with Crippen molar-refractivity contribution < 1.29 is 0 Å². The van der Waals surface area contributed by atoms with E-state index in [9.17, 15) is 0 Å². The van der Waals surface area contributed by atoms with E-state index < -0.39 is 0 Å². The highest BCUT2D eigenvalue weighted by molar-refractivity contribution is 5.80. The standard InChI is InChI=1S/C11H25N3/c1-6-12-11(13(7-2)8-3)14(9-4)10-5/h6-10H2,1-5H3. The molecule has 0 saturated carbocycles. The smallest absolute Gasteiger partial charge is 0.196 e. The predicted octanol–water partition coefficient (Wildman–Crippen LogP) is 2.05. The highest BCUT2D eigenvalue weighted by atomic mass is 15.4. The lowest BCUT2D eigenvalue weighted by molar-refractivity contribution is 0.349. The molecule has 0 amide bonds. The van der Waals surface area contributed by atoms with Gasteiger partial charge >= 0.3 is 0 Å². The summed E-state index contributed by atoms with van der Waals surface area (Å²) in [6, 6.07) is 0. The first-order valence-electron chi connectivity index (χ1n) is 5.79. The molecule has 0 aliphatic heterocycles.